The Kier molecular flexibility index (Phi) is 18.4. The first-order valence-corrected chi connectivity index (χ1v) is 21.3. The second kappa shape index (κ2) is 21.3. The Balaban J connectivity index is 0.000000279. The largest absolute Gasteiger partial charge is 0.481 e. The maximum atomic E-state index is 10.3. The fourth-order valence-corrected chi connectivity index (χ4v) is 11.0. The van der Waals surface area contributed by atoms with Crippen molar-refractivity contribution in [2.75, 3.05) is 0 Å². The molecule has 0 saturated heterocycles. The molecule has 0 aromatic rings. The van der Waals surface area contributed by atoms with E-state index in [2.05, 4.69) is 59.8 Å². The summed E-state index contributed by atoms with van der Waals surface area (Å²) in [6.07, 6.45) is 38.4. The summed E-state index contributed by atoms with van der Waals surface area (Å²) >= 11 is 0. The molecule has 8 atom stereocenters. The Bertz CT molecular complexity index is 965. The van der Waals surface area contributed by atoms with Crippen molar-refractivity contribution in [2.45, 2.75) is 208 Å². The Hall–Kier alpha value is -1.09. The smallest absolute Gasteiger partial charge is 0.303 e. The highest BCUT2D eigenvalue weighted by atomic mass is 16.4. The number of aliphatic carboxylic acids is 1. The van der Waals surface area contributed by atoms with E-state index >= 15 is 0 Å². The quantitative estimate of drug-likeness (QED) is 0.100. The van der Waals surface area contributed by atoms with Crippen molar-refractivity contribution in [2.24, 2.45) is 46.3 Å². The van der Waals surface area contributed by atoms with Gasteiger partial charge < -0.3 is 10.2 Å². The molecular formula is C45H80O3. The molecule has 3 saturated carbocycles. The highest BCUT2D eigenvalue weighted by Gasteiger charge is 2.59. The lowest BCUT2D eigenvalue weighted by atomic mass is 9.47. The first-order valence-electron chi connectivity index (χ1n) is 21.3. The SMILES string of the molecule is CC(C)CCC[C@@H](C)[C@H]1CC[C@H]2[C@@H]3CC=C4C[C@@H](O)CC[C@]4(C)[C@H]3CC[C@]12C.CCCCCCCC/C=C\CCCCCCCC(=O)O. The molecule has 3 nitrogen and oxygen atoms in total. The van der Waals surface area contributed by atoms with E-state index in [9.17, 15) is 9.90 Å². The predicted octanol–water partition coefficient (Wildman–Crippen LogP) is 13.5. The van der Waals surface area contributed by atoms with Crippen LogP contribution in [0.5, 0.6) is 0 Å². The molecular weight excluding hydrogens is 588 g/mol. The fraction of sp³-hybridized carbons (Fsp3) is 0.889. The fourth-order valence-electron chi connectivity index (χ4n) is 11.0. The van der Waals surface area contributed by atoms with Crippen LogP contribution in [0.4, 0.5) is 0 Å². The Morgan fingerprint density at radius 3 is 2.10 bits per heavy atom. The molecule has 2 N–H and O–H groups in total. The van der Waals surface area contributed by atoms with E-state index < -0.39 is 5.97 Å². The van der Waals surface area contributed by atoms with E-state index in [1.165, 1.54) is 128 Å². The summed E-state index contributed by atoms with van der Waals surface area (Å²) in [6, 6.07) is 0. The summed E-state index contributed by atoms with van der Waals surface area (Å²) in [6.45, 7) is 14.8. The zero-order valence-corrected chi connectivity index (χ0v) is 32.8. The van der Waals surface area contributed by atoms with Crippen LogP contribution in [0.25, 0.3) is 0 Å². The van der Waals surface area contributed by atoms with Crippen molar-refractivity contribution in [1.29, 1.82) is 0 Å². The van der Waals surface area contributed by atoms with Crippen molar-refractivity contribution in [3.8, 4) is 0 Å². The molecule has 0 heterocycles. The van der Waals surface area contributed by atoms with Crippen LogP contribution in [0.1, 0.15) is 202 Å². The van der Waals surface area contributed by atoms with Crippen LogP contribution in [0.3, 0.4) is 0 Å². The van der Waals surface area contributed by atoms with E-state index in [0.717, 1.165) is 61.2 Å². The third-order valence-corrected chi connectivity index (χ3v) is 13.9. The number of unbranched alkanes of at least 4 members (excludes halogenated alkanes) is 11. The van der Waals surface area contributed by atoms with Gasteiger partial charge in [0.1, 0.15) is 0 Å². The van der Waals surface area contributed by atoms with Crippen LogP contribution in [-0.2, 0) is 4.79 Å². The minimum atomic E-state index is -0.664. The lowest BCUT2D eigenvalue weighted by Crippen LogP contribution is -2.50. The van der Waals surface area contributed by atoms with Gasteiger partial charge in [-0.3, -0.25) is 4.79 Å². The molecule has 278 valence electrons. The van der Waals surface area contributed by atoms with Gasteiger partial charge in [-0.05, 0) is 130 Å². The third-order valence-electron chi connectivity index (χ3n) is 13.9. The van der Waals surface area contributed by atoms with Crippen molar-refractivity contribution in [3.63, 3.8) is 0 Å². The van der Waals surface area contributed by atoms with Crippen molar-refractivity contribution in [3.05, 3.63) is 23.8 Å². The number of carboxylic acid groups (broad SMARTS) is 1. The minimum absolute atomic E-state index is 0.0766. The lowest BCUT2D eigenvalue weighted by Gasteiger charge is -2.58. The average Bonchev–Trinajstić information content (AvgIpc) is 3.40. The minimum Gasteiger partial charge on any atom is -0.481 e. The summed E-state index contributed by atoms with van der Waals surface area (Å²) in [7, 11) is 0. The maximum absolute atomic E-state index is 10.3. The zero-order chi connectivity index (χ0) is 35.0. The standard InChI is InChI=1S/C27H46O.C18H34O2/c1-18(2)7-6-8-19(3)23-11-12-24-22-10-9-20-17-21(28)13-15-26(20,4)25(22)14-16-27(23,24)5;1-2-3-4-5-6-7-8-9-10-11-12-13-14-15-16-17-18(19)20/h9,18-19,21-25,28H,6-8,10-17H2,1-5H3;9-10H,2-8,11-17H2,1H3,(H,19,20)/b;10-9-/t19-,21+,22+,23-,24+,25+,26+,27-;/m1./s1. The Morgan fingerprint density at radius 2 is 1.46 bits per heavy atom. The highest BCUT2D eigenvalue weighted by Crippen LogP contribution is 2.67. The number of carboxylic acids is 1. The van der Waals surface area contributed by atoms with Crippen molar-refractivity contribution < 1.29 is 15.0 Å². The third kappa shape index (κ3) is 12.3. The number of fused-ring (bicyclic) bond motifs is 5. The molecule has 0 amide bonds. The highest BCUT2D eigenvalue weighted by molar-refractivity contribution is 5.66. The van der Waals surface area contributed by atoms with E-state index in [1.54, 1.807) is 5.57 Å². The molecule has 4 rings (SSSR count). The van der Waals surface area contributed by atoms with Crippen LogP contribution in [-0.4, -0.2) is 22.3 Å². The molecule has 4 aliphatic carbocycles. The number of hydrogen-bond acceptors (Lipinski definition) is 2. The van der Waals surface area contributed by atoms with Gasteiger partial charge in [-0.15, -0.1) is 0 Å². The topological polar surface area (TPSA) is 57.5 Å². The molecule has 0 spiro atoms. The molecule has 48 heavy (non-hydrogen) atoms. The molecule has 3 heteroatoms. The molecule has 0 aromatic carbocycles. The van der Waals surface area contributed by atoms with Crippen LogP contribution in [0, 0.1) is 46.3 Å². The van der Waals surface area contributed by atoms with E-state index in [-0.39, 0.29) is 6.10 Å². The van der Waals surface area contributed by atoms with E-state index in [1.807, 2.05) is 0 Å². The molecule has 0 bridgehead atoms. The number of aliphatic hydroxyl groups is 1. The van der Waals surface area contributed by atoms with Crippen LogP contribution < -0.4 is 0 Å². The summed E-state index contributed by atoms with van der Waals surface area (Å²) in [4.78, 5) is 10.3. The number of rotatable bonds is 20. The predicted molar refractivity (Wildman–Crippen MR) is 206 cm³/mol. The summed E-state index contributed by atoms with van der Waals surface area (Å²) in [5.41, 5.74) is 2.60. The van der Waals surface area contributed by atoms with Gasteiger partial charge in [-0.1, -0.05) is 136 Å². The number of carbonyl (C=O) groups is 1. The molecule has 0 radical (unpaired) electrons. The van der Waals surface area contributed by atoms with Crippen LogP contribution in [0.2, 0.25) is 0 Å². The van der Waals surface area contributed by atoms with Gasteiger partial charge in [-0.2, -0.15) is 0 Å². The second-order valence-corrected chi connectivity index (χ2v) is 17.9. The summed E-state index contributed by atoms with van der Waals surface area (Å²) in [5, 5.41) is 18.7. The van der Waals surface area contributed by atoms with Gasteiger partial charge in [0.05, 0.1) is 6.10 Å². The van der Waals surface area contributed by atoms with Gasteiger partial charge in [0, 0.05) is 6.42 Å². The number of aliphatic hydroxyl groups excluding tert-OH is 1. The lowest BCUT2D eigenvalue weighted by molar-refractivity contribution is -0.137. The Morgan fingerprint density at radius 1 is 0.812 bits per heavy atom. The normalized spacial score (nSPS) is 31.8. The Labute approximate surface area is 298 Å². The van der Waals surface area contributed by atoms with Crippen molar-refractivity contribution >= 4 is 5.97 Å². The maximum Gasteiger partial charge on any atom is 0.303 e. The summed E-state index contributed by atoms with van der Waals surface area (Å²) < 4.78 is 0. The van der Waals surface area contributed by atoms with Crippen molar-refractivity contribution in [1.82, 2.24) is 0 Å². The van der Waals surface area contributed by atoms with E-state index in [4.69, 9.17) is 5.11 Å². The zero-order valence-electron chi connectivity index (χ0n) is 32.8. The molecule has 0 unspecified atom stereocenters. The average molecular weight is 669 g/mol. The van der Waals surface area contributed by atoms with Gasteiger partial charge in [0.25, 0.3) is 0 Å². The molecule has 0 aliphatic heterocycles. The number of hydrogen-bond donors (Lipinski definition) is 2. The molecule has 4 aliphatic rings. The van der Waals surface area contributed by atoms with Crippen LogP contribution in [0.15, 0.2) is 23.8 Å². The van der Waals surface area contributed by atoms with Crippen LogP contribution >= 0.6 is 0 Å². The first kappa shape index (κ1) is 41.3. The molecule has 3 fully saturated rings. The summed E-state index contributed by atoms with van der Waals surface area (Å²) in [5.74, 6) is 4.79. The van der Waals surface area contributed by atoms with Gasteiger partial charge in [0.15, 0.2) is 0 Å². The molecule has 0 aromatic heterocycles. The van der Waals surface area contributed by atoms with Gasteiger partial charge >= 0.3 is 5.97 Å². The number of allylic oxidation sites excluding steroid dienone is 3. The van der Waals surface area contributed by atoms with Gasteiger partial charge in [-0.25, -0.2) is 0 Å². The second-order valence-electron chi connectivity index (χ2n) is 17.9. The monoisotopic (exact) mass is 669 g/mol. The first-order chi connectivity index (χ1) is 23.0. The van der Waals surface area contributed by atoms with E-state index in [0.29, 0.717) is 17.3 Å². The van der Waals surface area contributed by atoms with Gasteiger partial charge in [0.2, 0.25) is 0 Å².